The fourth-order valence-corrected chi connectivity index (χ4v) is 12.1. The number of carbonyl (C=O) groups excluding carboxylic acids is 4. The highest BCUT2D eigenvalue weighted by atomic mass is 16.6. The molecular weight excluding hydrogens is 813 g/mol. The number of carboxylic acids is 1. The molecule has 0 spiro atoms. The van der Waals surface area contributed by atoms with E-state index in [1.54, 1.807) is 0 Å². The van der Waals surface area contributed by atoms with Crippen molar-refractivity contribution in [1.29, 1.82) is 0 Å². The van der Waals surface area contributed by atoms with E-state index in [1.807, 2.05) is 27.7 Å². The second-order valence-electron chi connectivity index (χ2n) is 22.3. The number of amides is 4. The van der Waals surface area contributed by atoms with E-state index in [-0.39, 0.29) is 50.0 Å². The molecule has 0 aromatic heterocycles. The predicted molar refractivity (Wildman–Crippen MR) is 250 cm³/mol. The number of fused-ring (bicyclic) bond motifs is 5. The maximum Gasteiger partial charge on any atom is 0.407 e. The van der Waals surface area contributed by atoms with Crippen molar-refractivity contribution in [2.45, 2.75) is 202 Å². The molecule has 0 aromatic rings. The fourth-order valence-electron chi connectivity index (χ4n) is 12.1. The molecule has 5 N–H and O–H groups in total. The Bertz CT molecular complexity index is 1630. The third-order valence-electron chi connectivity index (χ3n) is 16.4. The summed E-state index contributed by atoms with van der Waals surface area (Å²) >= 11 is 0. The van der Waals surface area contributed by atoms with Crippen molar-refractivity contribution in [3.8, 4) is 0 Å². The Hall–Kier alpha value is -3.19. The van der Waals surface area contributed by atoms with E-state index in [9.17, 15) is 24.0 Å². The molecule has 0 bridgehead atoms. The third kappa shape index (κ3) is 14.4. The number of ether oxygens (including phenoxy) is 3. The SMILES string of the molecule is CCC(CC[C@@H](C)[C@H]1CC[C@H]2[C@@H]3CC=C4C[C@@H](OC(=O)NCCNC(=O)CCC(C)(C)OCC(C)(C)OCCC(=O)N[C@@H](C)C(=O)N[C@@H](C)C(=O)O)CC[C@]4(C)[C@H]3CC[C@]12C)C(C)C. The molecule has 3 saturated carbocycles. The first-order valence-electron chi connectivity index (χ1n) is 24.9. The standard InChI is InChI=1S/C51H88N4O9/c1-13-36(32(2)3)15-14-33(4)40-18-19-41-39-17-16-37-30-38(20-25-50(37,11)42(39)21-26-51(40,41)12)64-47(61)53-28-27-52-43(56)22-24-48(7,8)63-31-49(9,10)62-29-23-44(57)54-34(5)45(58)55-35(6)46(59)60/h16,32-36,38-42H,13-15,17-31H2,1-12H3,(H,52,56)(H,53,61)(H,54,57)(H,55,58)(H,59,60)/t33-,34+,35+,36?,38+,39+,40-,41+,42+,50+,51-/m1/s1. The number of nitrogens with one attached hydrogen (secondary N) is 4. The smallest absolute Gasteiger partial charge is 0.407 e. The minimum absolute atomic E-state index is 0.00331. The van der Waals surface area contributed by atoms with Crippen LogP contribution in [0.1, 0.15) is 173 Å². The number of carboxylic acid groups (broad SMARTS) is 1. The molecule has 13 nitrogen and oxygen atoms in total. The Kier molecular flexibility index (Phi) is 19.2. The van der Waals surface area contributed by atoms with E-state index < -0.39 is 47.2 Å². The summed E-state index contributed by atoms with van der Waals surface area (Å²) in [6.45, 7) is 26.1. The third-order valence-corrected chi connectivity index (χ3v) is 16.4. The summed E-state index contributed by atoms with van der Waals surface area (Å²) in [5, 5.41) is 19.5. The second-order valence-corrected chi connectivity index (χ2v) is 22.3. The van der Waals surface area contributed by atoms with Gasteiger partial charge >= 0.3 is 12.1 Å². The average Bonchev–Trinajstić information content (AvgIpc) is 3.58. The topological polar surface area (TPSA) is 181 Å². The Labute approximate surface area is 385 Å². The molecule has 4 rings (SSSR count). The Balaban J connectivity index is 1.11. The highest BCUT2D eigenvalue weighted by Gasteiger charge is 2.59. The van der Waals surface area contributed by atoms with Gasteiger partial charge < -0.3 is 40.6 Å². The molecule has 0 heterocycles. The summed E-state index contributed by atoms with van der Waals surface area (Å²) in [5.74, 6) is 3.27. The van der Waals surface area contributed by atoms with E-state index >= 15 is 0 Å². The molecule has 4 aliphatic rings. The zero-order valence-electron chi connectivity index (χ0n) is 41.8. The number of hydrogen-bond acceptors (Lipinski definition) is 8. The zero-order valence-corrected chi connectivity index (χ0v) is 41.8. The average molecular weight is 901 g/mol. The van der Waals surface area contributed by atoms with Crippen LogP contribution in [0.3, 0.4) is 0 Å². The molecule has 0 saturated heterocycles. The van der Waals surface area contributed by atoms with Gasteiger partial charge in [0, 0.05) is 25.9 Å². The van der Waals surface area contributed by atoms with Crippen molar-refractivity contribution in [2.75, 3.05) is 26.3 Å². The highest BCUT2D eigenvalue weighted by Crippen LogP contribution is 2.67. The van der Waals surface area contributed by atoms with Crippen molar-refractivity contribution in [3.63, 3.8) is 0 Å². The molecule has 11 atom stereocenters. The molecule has 0 aliphatic heterocycles. The number of rotatable bonds is 24. The van der Waals surface area contributed by atoms with Crippen LogP contribution in [0.4, 0.5) is 4.79 Å². The lowest BCUT2D eigenvalue weighted by atomic mass is 9.47. The van der Waals surface area contributed by atoms with Gasteiger partial charge in [0.05, 0.1) is 30.8 Å². The molecule has 13 heteroatoms. The number of hydrogen-bond donors (Lipinski definition) is 5. The zero-order chi connectivity index (χ0) is 47.6. The number of aliphatic carboxylic acids is 1. The molecule has 0 aromatic carbocycles. The van der Waals surface area contributed by atoms with Gasteiger partial charge in [-0.15, -0.1) is 0 Å². The van der Waals surface area contributed by atoms with Gasteiger partial charge in [-0.1, -0.05) is 66.0 Å². The van der Waals surface area contributed by atoms with Crippen LogP contribution in [0, 0.1) is 52.3 Å². The van der Waals surface area contributed by atoms with Crippen LogP contribution in [0.2, 0.25) is 0 Å². The summed E-state index contributed by atoms with van der Waals surface area (Å²) in [7, 11) is 0. The molecule has 4 aliphatic carbocycles. The first kappa shape index (κ1) is 53.4. The van der Waals surface area contributed by atoms with Crippen molar-refractivity contribution in [3.05, 3.63) is 11.6 Å². The summed E-state index contributed by atoms with van der Waals surface area (Å²) in [6.07, 6.45) is 16.1. The fraction of sp³-hybridized carbons (Fsp3) is 0.863. The molecule has 1 unspecified atom stereocenters. The largest absolute Gasteiger partial charge is 0.480 e. The van der Waals surface area contributed by atoms with Crippen molar-refractivity contribution >= 4 is 29.8 Å². The lowest BCUT2D eigenvalue weighted by Crippen LogP contribution is -2.51. The minimum Gasteiger partial charge on any atom is -0.480 e. The van der Waals surface area contributed by atoms with Gasteiger partial charge in [-0.3, -0.25) is 19.2 Å². The van der Waals surface area contributed by atoms with Gasteiger partial charge in [0.1, 0.15) is 18.2 Å². The van der Waals surface area contributed by atoms with E-state index in [1.165, 1.54) is 70.8 Å². The Morgan fingerprint density at radius 1 is 0.812 bits per heavy atom. The summed E-state index contributed by atoms with van der Waals surface area (Å²) in [4.78, 5) is 61.0. The molecular formula is C51H88N4O9. The van der Waals surface area contributed by atoms with E-state index in [2.05, 4.69) is 68.9 Å². The Morgan fingerprint density at radius 2 is 1.52 bits per heavy atom. The normalized spacial score (nSPS) is 28.6. The number of allylic oxidation sites excluding steroid dienone is 1. The van der Waals surface area contributed by atoms with Gasteiger partial charge in [0.25, 0.3) is 0 Å². The molecule has 0 radical (unpaired) electrons. The lowest BCUT2D eigenvalue weighted by molar-refractivity contribution is -0.141. The van der Waals surface area contributed by atoms with Crippen LogP contribution in [-0.2, 0) is 33.4 Å². The molecule has 366 valence electrons. The van der Waals surface area contributed by atoms with Crippen LogP contribution in [-0.4, -0.2) is 90.6 Å². The van der Waals surface area contributed by atoms with Crippen LogP contribution >= 0.6 is 0 Å². The van der Waals surface area contributed by atoms with Crippen LogP contribution in [0.15, 0.2) is 11.6 Å². The monoisotopic (exact) mass is 901 g/mol. The summed E-state index contributed by atoms with van der Waals surface area (Å²) < 4.78 is 18.0. The lowest BCUT2D eigenvalue weighted by Gasteiger charge is -2.58. The highest BCUT2D eigenvalue weighted by molar-refractivity contribution is 5.90. The molecule has 3 fully saturated rings. The minimum atomic E-state index is -1.17. The van der Waals surface area contributed by atoms with Crippen LogP contribution < -0.4 is 21.3 Å². The van der Waals surface area contributed by atoms with Gasteiger partial charge in [-0.05, 0) is 152 Å². The van der Waals surface area contributed by atoms with Crippen molar-refractivity contribution in [2.24, 2.45) is 52.3 Å². The number of alkyl carbamates (subject to hydrolysis) is 1. The predicted octanol–water partition coefficient (Wildman–Crippen LogP) is 8.73. The van der Waals surface area contributed by atoms with Gasteiger partial charge in [0.15, 0.2) is 0 Å². The van der Waals surface area contributed by atoms with E-state index in [0.717, 1.165) is 60.7 Å². The second kappa shape index (κ2) is 23.0. The quantitative estimate of drug-likeness (QED) is 0.0468. The van der Waals surface area contributed by atoms with Gasteiger partial charge in [-0.25, -0.2) is 4.79 Å². The Morgan fingerprint density at radius 3 is 2.19 bits per heavy atom. The van der Waals surface area contributed by atoms with E-state index in [4.69, 9.17) is 19.3 Å². The maximum atomic E-state index is 12.9. The van der Waals surface area contributed by atoms with Gasteiger partial charge in [-0.2, -0.15) is 0 Å². The van der Waals surface area contributed by atoms with Crippen LogP contribution in [0.25, 0.3) is 0 Å². The van der Waals surface area contributed by atoms with Crippen molar-refractivity contribution < 1.29 is 43.3 Å². The first-order chi connectivity index (χ1) is 29.9. The molecule has 4 amide bonds. The van der Waals surface area contributed by atoms with Gasteiger partial charge in [0.2, 0.25) is 17.7 Å². The van der Waals surface area contributed by atoms with Crippen molar-refractivity contribution in [1.82, 2.24) is 21.3 Å². The summed E-state index contributed by atoms with van der Waals surface area (Å²) in [5.41, 5.74) is 0.805. The number of carbonyl (C=O) groups is 5. The first-order valence-corrected chi connectivity index (χ1v) is 24.9. The maximum absolute atomic E-state index is 12.9. The van der Waals surface area contributed by atoms with Crippen LogP contribution in [0.5, 0.6) is 0 Å². The molecule has 64 heavy (non-hydrogen) atoms. The van der Waals surface area contributed by atoms with E-state index in [0.29, 0.717) is 18.4 Å². The summed E-state index contributed by atoms with van der Waals surface area (Å²) in [6, 6.07) is -1.96.